The maximum Gasteiger partial charge on any atom is 0.315 e. The maximum absolute atomic E-state index is 12.3. The van der Waals surface area contributed by atoms with Crippen molar-refractivity contribution < 1.29 is 14.3 Å². The second-order valence-electron chi connectivity index (χ2n) is 7.25. The topological polar surface area (TPSA) is 92.9 Å². The van der Waals surface area contributed by atoms with Crippen molar-refractivity contribution in [2.24, 2.45) is 0 Å². The number of rotatable bonds is 5. The van der Waals surface area contributed by atoms with Crippen molar-refractivity contribution in [3.8, 4) is 0 Å². The molecular formula is C21H24N6O3. The fraction of sp³-hybridized carbons (Fsp3) is 0.381. The lowest BCUT2D eigenvalue weighted by molar-refractivity contribution is -0.146. The summed E-state index contributed by atoms with van der Waals surface area (Å²) in [7, 11) is 1.29. The predicted octanol–water partition coefficient (Wildman–Crippen LogP) is 1.24. The van der Waals surface area contributed by atoms with E-state index in [1.807, 2.05) is 25.1 Å². The Hall–Kier alpha value is -3.49. The van der Waals surface area contributed by atoms with E-state index in [0.717, 1.165) is 23.5 Å². The fourth-order valence-corrected chi connectivity index (χ4v) is 3.78. The van der Waals surface area contributed by atoms with Gasteiger partial charge in [0.25, 0.3) is 5.78 Å². The van der Waals surface area contributed by atoms with Gasteiger partial charge in [0.05, 0.1) is 7.11 Å². The van der Waals surface area contributed by atoms with Gasteiger partial charge in [-0.1, -0.05) is 30.3 Å². The molecule has 0 aliphatic carbocycles. The highest BCUT2D eigenvalue weighted by atomic mass is 16.5. The van der Waals surface area contributed by atoms with Gasteiger partial charge in [-0.15, -0.1) is 0 Å². The number of piperazine rings is 1. The molecule has 30 heavy (non-hydrogen) atoms. The average Bonchev–Trinajstić information content (AvgIpc) is 3.22. The van der Waals surface area contributed by atoms with E-state index in [0.29, 0.717) is 32.0 Å². The number of aryl methyl sites for hydroxylation is 1. The van der Waals surface area contributed by atoms with Crippen molar-refractivity contribution in [2.45, 2.75) is 19.8 Å². The smallest absolute Gasteiger partial charge is 0.315 e. The molecule has 1 saturated heterocycles. The Balaban J connectivity index is 1.61. The molecule has 9 heteroatoms. The molecule has 3 heterocycles. The summed E-state index contributed by atoms with van der Waals surface area (Å²) in [6.45, 7) is 4.31. The Morgan fingerprint density at radius 2 is 1.83 bits per heavy atom. The number of nitrogens with zero attached hydrogens (tertiary/aromatic N) is 6. The molecule has 0 atom stereocenters. The van der Waals surface area contributed by atoms with E-state index in [1.54, 1.807) is 9.42 Å². The lowest BCUT2D eigenvalue weighted by Crippen LogP contribution is -2.50. The second-order valence-corrected chi connectivity index (χ2v) is 7.25. The molecule has 0 saturated carbocycles. The minimum absolute atomic E-state index is 0.206. The molecule has 1 aliphatic heterocycles. The SMILES string of the molecule is COC(=O)CC(=O)N1CCN(c2c(Cc3ccccc3)c(C)nc3ncnn23)CC1. The first-order valence-corrected chi connectivity index (χ1v) is 9.89. The van der Waals surface area contributed by atoms with Crippen LogP contribution in [0.5, 0.6) is 0 Å². The number of fused-ring (bicyclic) bond motifs is 1. The molecule has 1 aromatic carbocycles. The Labute approximate surface area is 174 Å². The minimum Gasteiger partial charge on any atom is -0.469 e. The number of methoxy groups -OCH3 is 1. The number of hydrogen-bond acceptors (Lipinski definition) is 7. The number of carbonyl (C=O) groups is 2. The number of benzene rings is 1. The third-order valence-electron chi connectivity index (χ3n) is 5.38. The maximum atomic E-state index is 12.3. The highest BCUT2D eigenvalue weighted by Crippen LogP contribution is 2.27. The lowest BCUT2D eigenvalue weighted by Gasteiger charge is -2.37. The first-order chi connectivity index (χ1) is 14.6. The molecule has 2 aromatic heterocycles. The molecule has 0 N–H and O–H groups in total. The third kappa shape index (κ3) is 3.96. The standard InChI is InChI=1S/C21H24N6O3/c1-15-17(12-16-6-4-3-5-7-16)20(27-21(24-15)22-14-23-27)26-10-8-25(9-11-26)18(28)13-19(29)30-2/h3-7,14H,8-13H2,1-2H3. The van der Waals surface area contributed by atoms with Crippen molar-refractivity contribution >= 4 is 23.5 Å². The van der Waals surface area contributed by atoms with Gasteiger partial charge in [-0.2, -0.15) is 14.6 Å². The molecule has 9 nitrogen and oxygen atoms in total. The van der Waals surface area contributed by atoms with Crippen LogP contribution in [0.15, 0.2) is 36.7 Å². The van der Waals surface area contributed by atoms with Gasteiger partial charge in [0.15, 0.2) is 0 Å². The Kier molecular flexibility index (Phi) is 5.60. The van der Waals surface area contributed by atoms with Crippen LogP contribution >= 0.6 is 0 Å². The normalized spacial score (nSPS) is 14.2. The Morgan fingerprint density at radius 3 is 2.53 bits per heavy atom. The highest BCUT2D eigenvalue weighted by Gasteiger charge is 2.27. The van der Waals surface area contributed by atoms with E-state index < -0.39 is 5.97 Å². The van der Waals surface area contributed by atoms with Crippen molar-refractivity contribution in [1.82, 2.24) is 24.5 Å². The van der Waals surface area contributed by atoms with Gasteiger partial charge < -0.3 is 14.5 Å². The second kappa shape index (κ2) is 8.48. The highest BCUT2D eigenvalue weighted by molar-refractivity contribution is 5.94. The number of hydrogen-bond donors (Lipinski definition) is 0. The first kappa shape index (κ1) is 19.8. The van der Waals surface area contributed by atoms with Crippen molar-refractivity contribution in [3.05, 3.63) is 53.5 Å². The van der Waals surface area contributed by atoms with Gasteiger partial charge in [0.2, 0.25) is 5.91 Å². The first-order valence-electron chi connectivity index (χ1n) is 9.89. The number of carbonyl (C=O) groups excluding carboxylic acids is 2. The zero-order valence-corrected chi connectivity index (χ0v) is 17.1. The third-order valence-corrected chi connectivity index (χ3v) is 5.38. The fourth-order valence-electron chi connectivity index (χ4n) is 3.78. The predicted molar refractivity (Wildman–Crippen MR) is 110 cm³/mol. The van der Waals surface area contributed by atoms with Gasteiger partial charge in [0.1, 0.15) is 18.6 Å². The average molecular weight is 408 g/mol. The van der Waals surface area contributed by atoms with Gasteiger partial charge in [-0.3, -0.25) is 9.59 Å². The van der Waals surface area contributed by atoms with Crippen molar-refractivity contribution in [3.63, 3.8) is 0 Å². The summed E-state index contributed by atoms with van der Waals surface area (Å²) in [5.74, 6) is 0.798. The van der Waals surface area contributed by atoms with Crippen LogP contribution in [0.4, 0.5) is 5.82 Å². The molecule has 0 spiro atoms. The molecule has 156 valence electrons. The van der Waals surface area contributed by atoms with Crippen LogP contribution in [0.1, 0.15) is 23.2 Å². The summed E-state index contributed by atoms with van der Waals surface area (Å²) < 4.78 is 6.38. The molecule has 4 rings (SSSR count). The molecule has 3 aromatic rings. The lowest BCUT2D eigenvalue weighted by atomic mass is 10.0. The summed E-state index contributed by atoms with van der Waals surface area (Å²) in [6, 6.07) is 10.2. The van der Waals surface area contributed by atoms with Crippen LogP contribution in [-0.2, 0) is 20.7 Å². The summed E-state index contributed by atoms with van der Waals surface area (Å²) in [5, 5.41) is 4.40. The van der Waals surface area contributed by atoms with E-state index in [9.17, 15) is 9.59 Å². The Morgan fingerprint density at radius 1 is 1.10 bits per heavy atom. The molecule has 1 fully saturated rings. The zero-order chi connectivity index (χ0) is 21.1. The summed E-state index contributed by atoms with van der Waals surface area (Å²) in [6.07, 6.45) is 2.01. The number of aromatic nitrogens is 4. The van der Waals surface area contributed by atoms with E-state index in [2.05, 4.69) is 36.8 Å². The Bertz CT molecular complexity index is 1060. The number of ether oxygens (including phenoxy) is 1. The molecule has 0 bridgehead atoms. The van der Waals surface area contributed by atoms with Crippen LogP contribution < -0.4 is 4.90 Å². The minimum atomic E-state index is -0.512. The van der Waals surface area contributed by atoms with Gasteiger partial charge >= 0.3 is 5.97 Å². The van der Waals surface area contributed by atoms with Crippen molar-refractivity contribution in [1.29, 1.82) is 0 Å². The van der Waals surface area contributed by atoms with Gasteiger partial charge in [-0.05, 0) is 12.5 Å². The van der Waals surface area contributed by atoms with Crippen molar-refractivity contribution in [2.75, 3.05) is 38.2 Å². The number of anilines is 1. The van der Waals surface area contributed by atoms with Gasteiger partial charge in [0, 0.05) is 43.9 Å². The molecular weight excluding hydrogens is 384 g/mol. The number of amides is 1. The summed E-state index contributed by atoms with van der Waals surface area (Å²) in [4.78, 5) is 36.5. The van der Waals surface area contributed by atoms with Crippen LogP contribution in [0, 0.1) is 6.92 Å². The summed E-state index contributed by atoms with van der Waals surface area (Å²) in [5.41, 5.74) is 3.20. The van der Waals surface area contributed by atoms with E-state index in [-0.39, 0.29) is 12.3 Å². The summed E-state index contributed by atoms with van der Waals surface area (Å²) >= 11 is 0. The van der Waals surface area contributed by atoms with Gasteiger partial charge in [-0.25, -0.2) is 4.98 Å². The van der Waals surface area contributed by atoms with Crippen LogP contribution in [0.3, 0.4) is 0 Å². The molecule has 0 radical (unpaired) electrons. The quantitative estimate of drug-likeness (QED) is 0.463. The number of esters is 1. The van der Waals surface area contributed by atoms with E-state index in [1.165, 1.54) is 19.0 Å². The van der Waals surface area contributed by atoms with Crippen LogP contribution in [0.25, 0.3) is 5.78 Å². The van der Waals surface area contributed by atoms with E-state index >= 15 is 0 Å². The van der Waals surface area contributed by atoms with E-state index in [4.69, 9.17) is 0 Å². The van der Waals surface area contributed by atoms with Crippen LogP contribution in [-0.4, -0.2) is 69.6 Å². The molecule has 1 amide bonds. The molecule has 1 aliphatic rings. The molecule has 0 unspecified atom stereocenters. The monoisotopic (exact) mass is 408 g/mol. The van der Waals surface area contributed by atoms with Crippen LogP contribution in [0.2, 0.25) is 0 Å². The zero-order valence-electron chi connectivity index (χ0n) is 17.1. The largest absolute Gasteiger partial charge is 0.469 e.